The molecule has 2 rings (SSSR count). The molecule has 0 amide bonds. The predicted octanol–water partition coefficient (Wildman–Crippen LogP) is 4.47. The predicted molar refractivity (Wildman–Crippen MR) is 81.8 cm³/mol. The third kappa shape index (κ3) is 3.49. The fraction of sp³-hybridized carbons (Fsp3) is 0.133. The van der Waals surface area contributed by atoms with Crippen LogP contribution >= 0.6 is 23.1 Å². The van der Waals surface area contributed by atoms with Gasteiger partial charge in [0.05, 0.1) is 5.56 Å². The molecule has 0 atom stereocenters. The fourth-order valence-corrected chi connectivity index (χ4v) is 3.23. The molecule has 0 N–H and O–H groups in total. The van der Waals surface area contributed by atoms with Crippen molar-refractivity contribution < 1.29 is 9.53 Å². The number of thioether (sulfide) groups is 1. The molecule has 19 heavy (non-hydrogen) atoms. The summed E-state index contributed by atoms with van der Waals surface area (Å²) in [6.07, 6.45) is 3.73. The van der Waals surface area contributed by atoms with Crippen molar-refractivity contribution in [3.05, 3.63) is 58.3 Å². The Labute approximate surface area is 121 Å². The van der Waals surface area contributed by atoms with Crippen molar-refractivity contribution in [1.29, 1.82) is 0 Å². The molecule has 0 aliphatic rings. The highest BCUT2D eigenvalue weighted by Crippen LogP contribution is 2.25. The molecule has 0 spiro atoms. The summed E-state index contributed by atoms with van der Waals surface area (Å²) in [4.78, 5) is 12.9. The number of carbonyl (C=O) groups excluding carboxylic acids is 1. The molecule has 4 heteroatoms. The molecule has 1 aromatic heterocycles. The van der Waals surface area contributed by atoms with Gasteiger partial charge in [-0.1, -0.05) is 36.9 Å². The minimum atomic E-state index is -0.265. The first-order valence-electron chi connectivity index (χ1n) is 5.73. The van der Waals surface area contributed by atoms with Gasteiger partial charge in [0.1, 0.15) is 6.61 Å². The lowest BCUT2D eigenvalue weighted by Gasteiger charge is -2.05. The highest BCUT2D eigenvalue weighted by atomic mass is 32.2. The van der Waals surface area contributed by atoms with Crippen LogP contribution in [0.5, 0.6) is 0 Å². The van der Waals surface area contributed by atoms with Crippen molar-refractivity contribution in [3.63, 3.8) is 0 Å². The lowest BCUT2D eigenvalue weighted by molar-refractivity contribution is 0.0469. The number of hydrogen-bond donors (Lipinski definition) is 0. The molecule has 0 saturated carbocycles. The minimum Gasteiger partial charge on any atom is -0.457 e. The van der Waals surface area contributed by atoms with Gasteiger partial charge in [0.25, 0.3) is 0 Å². The van der Waals surface area contributed by atoms with Crippen LogP contribution in [0.1, 0.15) is 21.5 Å². The van der Waals surface area contributed by atoms with Crippen LogP contribution in [0.4, 0.5) is 0 Å². The molecule has 0 fully saturated rings. The van der Waals surface area contributed by atoms with Crippen molar-refractivity contribution in [2.75, 3.05) is 6.26 Å². The van der Waals surface area contributed by atoms with Gasteiger partial charge in [-0.3, -0.25) is 0 Å². The van der Waals surface area contributed by atoms with Crippen LogP contribution in [0.3, 0.4) is 0 Å². The van der Waals surface area contributed by atoms with E-state index < -0.39 is 0 Å². The zero-order valence-corrected chi connectivity index (χ0v) is 12.2. The first-order valence-corrected chi connectivity index (χ1v) is 7.90. The third-order valence-electron chi connectivity index (χ3n) is 2.65. The SMILES string of the molecule is C=Cc1ccc(COC(=O)c2cscc2SC)cc1. The van der Waals surface area contributed by atoms with Crippen LogP contribution in [-0.4, -0.2) is 12.2 Å². The van der Waals surface area contributed by atoms with E-state index in [0.717, 1.165) is 16.0 Å². The van der Waals surface area contributed by atoms with Crippen LogP contribution in [-0.2, 0) is 11.3 Å². The summed E-state index contributed by atoms with van der Waals surface area (Å²) >= 11 is 3.07. The molecule has 98 valence electrons. The van der Waals surface area contributed by atoms with Gasteiger partial charge >= 0.3 is 5.97 Å². The Balaban J connectivity index is 1.98. The van der Waals surface area contributed by atoms with Gasteiger partial charge in [-0.05, 0) is 17.4 Å². The zero-order chi connectivity index (χ0) is 13.7. The second-order valence-corrected chi connectivity index (χ2v) is 5.47. The molecular formula is C15H14O2S2. The number of carbonyl (C=O) groups is 1. The zero-order valence-electron chi connectivity index (χ0n) is 10.6. The van der Waals surface area contributed by atoms with Crippen molar-refractivity contribution >= 4 is 35.1 Å². The Bertz CT molecular complexity index is 570. The summed E-state index contributed by atoms with van der Waals surface area (Å²) in [7, 11) is 0. The lowest BCUT2D eigenvalue weighted by atomic mass is 10.1. The van der Waals surface area contributed by atoms with Crippen molar-refractivity contribution in [1.82, 2.24) is 0 Å². The van der Waals surface area contributed by atoms with Gasteiger partial charge in [-0.25, -0.2) is 4.79 Å². The molecule has 1 heterocycles. The Kier molecular flexibility index (Phi) is 4.82. The normalized spacial score (nSPS) is 10.2. The summed E-state index contributed by atoms with van der Waals surface area (Å²) in [5, 5.41) is 3.79. The fourth-order valence-electron chi connectivity index (χ4n) is 1.57. The van der Waals surface area contributed by atoms with E-state index in [1.807, 2.05) is 41.3 Å². The maximum Gasteiger partial charge on any atom is 0.340 e. The van der Waals surface area contributed by atoms with Crippen LogP contribution in [0, 0.1) is 0 Å². The van der Waals surface area contributed by atoms with E-state index in [1.54, 1.807) is 17.8 Å². The number of hydrogen-bond acceptors (Lipinski definition) is 4. The highest BCUT2D eigenvalue weighted by molar-refractivity contribution is 7.98. The molecule has 0 aliphatic carbocycles. The van der Waals surface area contributed by atoms with Gasteiger partial charge in [0.15, 0.2) is 0 Å². The molecule has 2 nitrogen and oxygen atoms in total. The van der Waals surface area contributed by atoms with E-state index >= 15 is 0 Å². The van der Waals surface area contributed by atoms with Gasteiger partial charge in [0.2, 0.25) is 0 Å². The minimum absolute atomic E-state index is 0.265. The van der Waals surface area contributed by atoms with Gasteiger partial charge in [0, 0.05) is 15.7 Å². The monoisotopic (exact) mass is 290 g/mol. The van der Waals surface area contributed by atoms with Crippen LogP contribution in [0.15, 0.2) is 46.5 Å². The van der Waals surface area contributed by atoms with E-state index in [0.29, 0.717) is 12.2 Å². The van der Waals surface area contributed by atoms with Crippen LogP contribution in [0.2, 0.25) is 0 Å². The molecule has 2 aromatic rings. The van der Waals surface area contributed by atoms with E-state index in [2.05, 4.69) is 6.58 Å². The summed E-state index contributed by atoms with van der Waals surface area (Å²) in [5.74, 6) is -0.265. The largest absolute Gasteiger partial charge is 0.457 e. The summed E-state index contributed by atoms with van der Waals surface area (Å²) in [5.41, 5.74) is 2.68. The summed E-state index contributed by atoms with van der Waals surface area (Å²) in [6, 6.07) is 7.78. The second-order valence-electron chi connectivity index (χ2n) is 3.88. The van der Waals surface area contributed by atoms with E-state index in [4.69, 9.17) is 4.74 Å². The average Bonchev–Trinajstić information content (AvgIpc) is 2.93. The Morgan fingerprint density at radius 1 is 1.37 bits per heavy atom. The van der Waals surface area contributed by atoms with Crippen molar-refractivity contribution in [2.45, 2.75) is 11.5 Å². The highest BCUT2D eigenvalue weighted by Gasteiger charge is 2.13. The molecule has 0 radical (unpaired) electrons. The molecule has 0 unspecified atom stereocenters. The molecule has 0 saturated heterocycles. The number of ether oxygens (including phenoxy) is 1. The van der Waals surface area contributed by atoms with E-state index in [9.17, 15) is 4.79 Å². The van der Waals surface area contributed by atoms with E-state index in [1.165, 1.54) is 11.3 Å². The Morgan fingerprint density at radius 3 is 2.74 bits per heavy atom. The lowest BCUT2D eigenvalue weighted by Crippen LogP contribution is -2.05. The number of benzene rings is 1. The Morgan fingerprint density at radius 2 is 2.11 bits per heavy atom. The summed E-state index contributed by atoms with van der Waals surface area (Å²) < 4.78 is 5.32. The second kappa shape index (κ2) is 6.59. The smallest absolute Gasteiger partial charge is 0.340 e. The number of rotatable bonds is 5. The van der Waals surface area contributed by atoms with E-state index in [-0.39, 0.29) is 5.97 Å². The average molecular weight is 290 g/mol. The van der Waals surface area contributed by atoms with Gasteiger partial charge in [-0.15, -0.1) is 11.8 Å². The first-order chi connectivity index (χ1) is 9.24. The van der Waals surface area contributed by atoms with Gasteiger partial charge in [-0.2, -0.15) is 11.3 Å². The van der Waals surface area contributed by atoms with Crippen molar-refractivity contribution in [2.24, 2.45) is 0 Å². The maximum absolute atomic E-state index is 11.9. The number of thiophene rings is 1. The topological polar surface area (TPSA) is 26.3 Å². The summed E-state index contributed by atoms with van der Waals surface area (Å²) in [6.45, 7) is 3.99. The van der Waals surface area contributed by atoms with Crippen LogP contribution < -0.4 is 0 Å². The first kappa shape index (κ1) is 13.9. The Hall–Kier alpha value is -1.52. The van der Waals surface area contributed by atoms with Gasteiger partial charge < -0.3 is 4.74 Å². The standard InChI is InChI=1S/C15H14O2S2/c1-3-11-4-6-12(7-5-11)8-17-15(16)13-9-19-10-14(13)18-2/h3-7,9-10H,1,8H2,2H3. The molecule has 1 aromatic carbocycles. The third-order valence-corrected chi connectivity index (χ3v) is 4.32. The molecular weight excluding hydrogens is 276 g/mol. The van der Waals surface area contributed by atoms with Crippen molar-refractivity contribution in [3.8, 4) is 0 Å². The molecule has 0 aliphatic heterocycles. The maximum atomic E-state index is 11.9. The number of esters is 1. The molecule has 0 bridgehead atoms. The quantitative estimate of drug-likeness (QED) is 0.600. The van der Waals surface area contributed by atoms with Crippen LogP contribution in [0.25, 0.3) is 6.08 Å².